The number of nitrogens with two attached hydrogens (primary N) is 1. The van der Waals surface area contributed by atoms with E-state index >= 15 is 0 Å². The molecule has 2 heteroatoms. The average Bonchev–Trinajstić information content (AvgIpc) is 2.61. The van der Waals surface area contributed by atoms with Crippen molar-refractivity contribution in [3.05, 3.63) is 0 Å². The fourth-order valence-electron chi connectivity index (χ4n) is 2.73. The van der Waals surface area contributed by atoms with Gasteiger partial charge in [0.25, 0.3) is 0 Å². The molecule has 76 valence electrons. The molecule has 3 unspecified atom stereocenters. The molecule has 0 radical (unpaired) electrons. The van der Waals surface area contributed by atoms with Crippen LogP contribution in [0.1, 0.15) is 38.5 Å². The largest absolute Gasteiger partial charge is 0.381 e. The van der Waals surface area contributed by atoms with Gasteiger partial charge in [0.1, 0.15) is 0 Å². The maximum atomic E-state index is 6.12. The Labute approximate surface area is 80.8 Å². The standard InChI is InChI=1S/C11H21NO/c12-11-4-2-1-3-10(11)7-9-5-6-13-8-9/h9-11H,1-8,12H2. The molecule has 1 saturated heterocycles. The highest BCUT2D eigenvalue weighted by atomic mass is 16.5. The molecule has 3 atom stereocenters. The van der Waals surface area contributed by atoms with Gasteiger partial charge in [0, 0.05) is 19.3 Å². The number of hydrogen-bond donors (Lipinski definition) is 1. The first-order chi connectivity index (χ1) is 6.36. The van der Waals surface area contributed by atoms with Crippen LogP contribution in [0.5, 0.6) is 0 Å². The van der Waals surface area contributed by atoms with Gasteiger partial charge in [0.2, 0.25) is 0 Å². The van der Waals surface area contributed by atoms with Crippen LogP contribution in [0.4, 0.5) is 0 Å². The minimum Gasteiger partial charge on any atom is -0.381 e. The minimum absolute atomic E-state index is 0.481. The smallest absolute Gasteiger partial charge is 0.0495 e. The van der Waals surface area contributed by atoms with Crippen LogP contribution in [0.3, 0.4) is 0 Å². The van der Waals surface area contributed by atoms with Crippen LogP contribution < -0.4 is 5.73 Å². The van der Waals surface area contributed by atoms with Crippen molar-refractivity contribution in [2.75, 3.05) is 13.2 Å². The second kappa shape index (κ2) is 4.43. The van der Waals surface area contributed by atoms with Gasteiger partial charge >= 0.3 is 0 Å². The maximum absolute atomic E-state index is 6.12. The Morgan fingerprint density at radius 3 is 2.69 bits per heavy atom. The summed E-state index contributed by atoms with van der Waals surface area (Å²) in [5, 5.41) is 0. The summed E-state index contributed by atoms with van der Waals surface area (Å²) in [5.41, 5.74) is 6.12. The first-order valence-electron chi connectivity index (χ1n) is 5.69. The predicted octanol–water partition coefficient (Wildman–Crippen LogP) is 1.93. The summed E-state index contributed by atoms with van der Waals surface area (Å²) >= 11 is 0. The zero-order chi connectivity index (χ0) is 9.10. The minimum atomic E-state index is 0.481. The van der Waals surface area contributed by atoms with E-state index in [-0.39, 0.29) is 0 Å². The molecular weight excluding hydrogens is 162 g/mol. The van der Waals surface area contributed by atoms with Gasteiger partial charge in [0.15, 0.2) is 0 Å². The van der Waals surface area contributed by atoms with Gasteiger partial charge in [-0.3, -0.25) is 0 Å². The molecule has 0 aromatic heterocycles. The zero-order valence-electron chi connectivity index (χ0n) is 8.37. The Kier molecular flexibility index (Phi) is 3.23. The Balaban J connectivity index is 1.78. The molecular formula is C11H21NO. The lowest BCUT2D eigenvalue weighted by molar-refractivity contribution is 0.172. The van der Waals surface area contributed by atoms with Gasteiger partial charge in [-0.1, -0.05) is 12.8 Å². The third-order valence-electron chi connectivity index (χ3n) is 3.63. The molecule has 2 aliphatic rings. The van der Waals surface area contributed by atoms with Crippen LogP contribution in [0.15, 0.2) is 0 Å². The van der Waals surface area contributed by atoms with Crippen molar-refractivity contribution in [2.45, 2.75) is 44.6 Å². The molecule has 2 rings (SSSR count). The molecule has 2 fully saturated rings. The zero-order valence-corrected chi connectivity index (χ0v) is 8.37. The first kappa shape index (κ1) is 9.47. The monoisotopic (exact) mass is 183 g/mol. The molecule has 1 heterocycles. The van der Waals surface area contributed by atoms with Crippen LogP contribution >= 0.6 is 0 Å². The summed E-state index contributed by atoms with van der Waals surface area (Å²) in [6.45, 7) is 1.97. The van der Waals surface area contributed by atoms with E-state index in [1.165, 1.54) is 38.5 Å². The Bertz CT molecular complexity index is 154. The second-order valence-electron chi connectivity index (χ2n) is 4.67. The summed E-state index contributed by atoms with van der Waals surface area (Å²) in [5.74, 6) is 1.61. The van der Waals surface area contributed by atoms with E-state index in [4.69, 9.17) is 10.5 Å². The van der Waals surface area contributed by atoms with Crippen LogP contribution in [-0.4, -0.2) is 19.3 Å². The molecule has 13 heavy (non-hydrogen) atoms. The molecule has 0 amide bonds. The molecule has 1 aliphatic heterocycles. The number of ether oxygens (including phenoxy) is 1. The van der Waals surface area contributed by atoms with Crippen molar-refractivity contribution in [3.8, 4) is 0 Å². The van der Waals surface area contributed by atoms with E-state index in [2.05, 4.69) is 0 Å². The van der Waals surface area contributed by atoms with Crippen LogP contribution in [-0.2, 0) is 4.74 Å². The summed E-state index contributed by atoms with van der Waals surface area (Å²) < 4.78 is 5.39. The van der Waals surface area contributed by atoms with Crippen molar-refractivity contribution in [1.82, 2.24) is 0 Å². The molecule has 0 aromatic rings. The van der Waals surface area contributed by atoms with E-state index < -0.39 is 0 Å². The van der Waals surface area contributed by atoms with E-state index in [9.17, 15) is 0 Å². The second-order valence-corrected chi connectivity index (χ2v) is 4.67. The molecule has 2 N–H and O–H groups in total. The molecule has 0 aromatic carbocycles. The SMILES string of the molecule is NC1CCCCC1CC1CCOC1. The van der Waals surface area contributed by atoms with Crippen molar-refractivity contribution < 1.29 is 4.74 Å². The number of rotatable bonds is 2. The lowest BCUT2D eigenvalue weighted by atomic mass is 9.79. The quantitative estimate of drug-likeness (QED) is 0.710. The topological polar surface area (TPSA) is 35.2 Å². The highest BCUT2D eigenvalue weighted by molar-refractivity contribution is 4.81. The lowest BCUT2D eigenvalue weighted by Gasteiger charge is -2.30. The van der Waals surface area contributed by atoms with Crippen molar-refractivity contribution in [2.24, 2.45) is 17.6 Å². The van der Waals surface area contributed by atoms with Crippen LogP contribution in [0, 0.1) is 11.8 Å². The lowest BCUT2D eigenvalue weighted by Crippen LogP contribution is -2.34. The number of hydrogen-bond acceptors (Lipinski definition) is 2. The molecule has 2 nitrogen and oxygen atoms in total. The molecule has 1 aliphatic carbocycles. The van der Waals surface area contributed by atoms with Gasteiger partial charge in [-0.2, -0.15) is 0 Å². The Morgan fingerprint density at radius 1 is 1.15 bits per heavy atom. The normalized spacial score (nSPS) is 40.8. The summed E-state index contributed by atoms with van der Waals surface area (Å²) in [6, 6.07) is 0.481. The van der Waals surface area contributed by atoms with Crippen molar-refractivity contribution in [3.63, 3.8) is 0 Å². The Hall–Kier alpha value is -0.0800. The summed E-state index contributed by atoms with van der Waals surface area (Å²) in [4.78, 5) is 0. The van der Waals surface area contributed by atoms with Gasteiger partial charge in [-0.15, -0.1) is 0 Å². The fourth-order valence-corrected chi connectivity index (χ4v) is 2.73. The van der Waals surface area contributed by atoms with E-state index in [1.807, 2.05) is 0 Å². The maximum Gasteiger partial charge on any atom is 0.0495 e. The van der Waals surface area contributed by atoms with E-state index in [1.54, 1.807) is 0 Å². The first-order valence-corrected chi connectivity index (χ1v) is 5.69. The third kappa shape index (κ3) is 2.44. The van der Waals surface area contributed by atoms with E-state index in [0.717, 1.165) is 25.0 Å². The highest BCUT2D eigenvalue weighted by Crippen LogP contribution is 2.31. The van der Waals surface area contributed by atoms with Crippen molar-refractivity contribution in [1.29, 1.82) is 0 Å². The third-order valence-corrected chi connectivity index (χ3v) is 3.63. The van der Waals surface area contributed by atoms with Crippen molar-refractivity contribution >= 4 is 0 Å². The van der Waals surface area contributed by atoms with Gasteiger partial charge < -0.3 is 10.5 Å². The molecule has 0 bridgehead atoms. The van der Waals surface area contributed by atoms with Crippen LogP contribution in [0.2, 0.25) is 0 Å². The van der Waals surface area contributed by atoms with Gasteiger partial charge in [0.05, 0.1) is 0 Å². The van der Waals surface area contributed by atoms with E-state index in [0.29, 0.717) is 6.04 Å². The average molecular weight is 183 g/mol. The summed E-state index contributed by atoms with van der Waals surface area (Å²) in [7, 11) is 0. The van der Waals surface area contributed by atoms with Gasteiger partial charge in [-0.25, -0.2) is 0 Å². The van der Waals surface area contributed by atoms with Crippen LogP contribution in [0.25, 0.3) is 0 Å². The Morgan fingerprint density at radius 2 is 2.00 bits per heavy atom. The molecule has 0 spiro atoms. The van der Waals surface area contributed by atoms with Gasteiger partial charge in [-0.05, 0) is 37.5 Å². The molecule has 1 saturated carbocycles. The highest BCUT2D eigenvalue weighted by Gasteiger charge is 2.26. The fraction of sp³-hybridized carbons (Fsp3) is 1.00. The predicted molar refractivity (Wildman–Crippen MR) is 53.5 cm³/mol. The summed E-state index contributed by atoms with van der Waals surface area (Å²) in [6.07, 6.45) is 7.94.